The number of rotatable bonds is 1. The van der Waals surface area contributed by atoms with Crippen LogP contribution in [0.1, 0.15) is 39.7 Å². The normalized spacial score (nSPS) is 28.7. The van der Waals surface area contributed by atoms with E-state index in [4.69, 9.17) is 14.5 Å². The predicted octanol–water partition coefficient (Wildman–Crippen LogP) is 4.08. The minimum atomic E-state index is -0.869. The van der Waals surface area contributed by atoms with E-state index in [-0.39, 0.29) is 17.8 Å². The average Bonchev–Trinajstić information content (AvgIpc) is 2.53. The molecule has 1 aromatic carbocycles. The molecular weight excluding hydrogens is 355 g/mol. The second-order valence-corrected chi connectivity index (χ2v) is 9.00. The number of hydrogen-bond acceptors (Lipinski definition) is 5. The minimum Gasteiger partial charge on any atom is -0.444 e. The molecule has 2 aliphatic rings. The van der Waals surface area contributed by atoms with Gasteiger partial charge in [-0.3, -0.25) is 5.32 Å². The Kier molecular flexibility index (Phi) is 5.05. The fourth-order valence-corrected chi connectivity index (χ4v) is 4.62. The molecule has 2 heterocycles. The molecule has 1 fully saturated rings. The van der Waals surface area contributed by atoms with Gasteiger partial charge in [0.15, 0.2) is 5.17 Å². The summed E-state index contributed by atoms with van der Waals surface area (Å²) in [6.07, 6.45) is 0.213. The Labute approximate surface area is 157 Å². The van der Waals surface area contributed by atoms with E-state index in [1.54, 1.807) is 39.0 Å². The topological polar surface area (TPSA) is 59.9 Å². The number of carbonyl (C=O) groups is 1. The van der Waals surface area contributed by atoms with E-state index in [9.17, 15) is 9.18 Å². The lowest BCUT2D eigenvalue weighted by Gasteiger charge is -2.51. The molecule has 3 rings (SSSR count). The Morgan fingerprint density at radius 2 is 2.12 bits per heavy atom. The first kappa shape index (κ1) is 19.2. The number of nitrogens with one attached hydrogen (secondary N) is 1. The van der Waals surface area contributed by atoms with Crippen molar-refractivity contribution in [2.24, 2.45) is 10.4 Å². The van der Waals surface area contributed by atoms with Crippen LogP contribution in [0, 0.1) is 11.2 Å². The summed E-state index contributed by atoms with van der Waals surface area (Å²) in [6.45, 7) is 8.42. The van der Waals surface area contributed by atoms with Crippen LogP contribution in [0.4, 0.5) is 9.18 Å². The van der Waals surface area contributed by atoms with Crippen molar-refractivity contribution in [2.75, 3.05) is 19.0 Å². The number of amidine groups is 1. The van der Waals surface area contributed by atoms with Gasteiger partial charge in [-0.25, -0.2) is 14.2 Å². The van der Waals surface area contributed by atoms with Gasteiger partial charge in [0.25, 0.3) is 0 Å². The Bertz CT molecular complexity index is 734. The van der Waals surface area contributed by atoms with Gasteiger partial charge < -0.3 is 9.47 Å². The summed E-state index contributed by atoms with van der Waals surface area (Å²) in [6, 6.07) is 6.67. The highest BCUT2D eigenvalue weighted by Gasteiger charge is 2.55. The van der Waals surface area contributed by atoms with Crippen molar-refractivity contribution in [3.05, 3.63) is 35.6 Å². The largest absolute Gasteiger partial charge is 0.444 e. The highest BCUT2D eigenvalue weighted by atomic mass is 32.2. The van der Waals surface area contributed by atoms with E-state index in [1.165, 1.54) is 17.8 Å². The summed E-state index contributed by atoms with van der Waals surface area (Å²) in [7, 11) is 0. The second kappa shape index (κ2) is 6.85. The molecule has 0 unspecified atom stereocenters. The van der Waals surface area contributed by atoms with E-state index < -0.39 is 17.2 Å². The quantitative estimate of drug-likeness (QED) is 0.798. The Morgan fingerprint density at radius 3 is 2.81 bits per heavy atom. The Hall–Kier alpha value is -1.60. The average molecular weight is 380 g/mol. The first-order chi connectivity index (χ1) is 12.2. The summed E-state index contributed by atoms with van der Waals surface area (Å²) in [4.78, 5) is 17.0. The van der Waals surface area contributed by atoms with Crippen molar-refractivity contribution < 1.29 is 18.7 Å². The lowest BCUT2D eigenvalue weighted by Crippen LogP contribution is -2.55. The zero-order valence-corrected chi connectivity index (χ0v) is 16.4. The van der Waals surface area contributed by atoms with Crippen molar-refractivity contribution in [2.45, 2.75) is 45.3 Å². The molecule has 5 nitrogen and oxygen atoms in total. The summed E-state index contributed by atoms with van der Waals surface area (Å²) < 4.78 is 25.7. The lowest BCUT2D eigenvalue weighted by molar-refractivity contribution is -0.0441. The van der Waals surface area contributed by atoms with Gasteiger partial charge in [-0.05, 0) is 33.3 Å². The number of hydrogen-bond donors (Lipinski definition) is 1. The SMILES string of the molecule is CC(C)(C)OC(=O)NC1=N[C@@]2(c3ccccc3F)COCC[C@@]2(C)CS1. The molecule has 2 aliphatic heterocycles. The van der Waals surface area contributed by atoms with Gasteiger partial charge in [-0.2, -0.15) is 0 Å². The number of thioether (sulfide) groups is 1. The summed E-state index contributed by atoms with van der Waals surface area (Å²) in [5.74, 6) is 0.399. The van der Waals surface area contributed by atoms with E-state index in [0.717, 1.165) is 6.42 Å². The van der Waals surface area contributed by atoms with Crippen molar-refractivity contribution in [3.8, 4) is 0 Å². The van der Waals surface area contributed by atoms with Crippen LogP contribution in [0.2, 0.25) is 0 Å². The summed E-state index contributed by atoms with van der Waals surface area (Å²) in [5, 5.41) is 3.15. The van der Waals surface area contributed by atoms with Crippen LogP contribution in [-0.4, -0.2) is 35.8 Å². The molecule has 1 saturated heterocycles. The third-order valence-corrected chi connectivity index (χ3v) is 6.10. The van der Waals surface area contributed by atoms with Crippen molar-refractivity contribution in [3.63, 3.8) is 0 Å². The van der Waals surface area contributed by atoms with Gasteiger partial charge in [0.2, 0.25) is 0 Å². The molecule has 0 saturated carbocycles. The number of nitrogens with zero attached hydrogens (tertiary/aromatic N) is 1. The van der Waals surface area contributed by atoms with Crippen LogP contribution < -0.4 is 5.32 Å². The first-order valence-electron chi connectivity index (χ1n) is 8.71. The molecule has 0 spiro atoms. The maximum atomic E-state index is 14.7. The van der Waals surface area contributed by atoms with Gasteiger partial charge in [0.05, 0.1) is 6.61 Å². The molecule has 0 bridgehead atoms. The van der Waals surface area contributed by atoms with Crippen LogP contribution in [0.5, 0.6) is 0 Å². The smallest absolute Gasteiger partial charge is 0.413 e. The first-order valence-corrected chi connectivity index (χ1v) is 9.69. The highest BCUT2D eigenvalue weighted by molar-refractivity contribution is 8.13. The number of halogens is 1. The number of fused-ring (bicyclic) bond motifs is 1. The number of aliphatic imine (C=N–C) groups is 1. The molecule has 7 heteroatoms. The standard InChI is InChI=1S/C19H25FN2O3S/c1-17(2,3)25-16(23)21-15-22-19(13-7-5-6-8-14(13)20)11-24-10-9-18(19,4)12-26-15/h5-8H,9-12H2,1-4H3,(H,21,22,23)/t18-,19+/m0/s1. The number of ether oxygens (including phenoxy) is 2. The van der Waals surface area contributed by atoms with Crippen LogP contribution in [0.25, 0.3) is 0 Å². The molecule has 1 N–H and O–H groups in total. The number of carbonyl (C=O) groups excluding carboxylic acids is 1. The van der Waals surface area contributed by atoms with E-state index in [2.05, 4.69) is 12.2 Å². The van der Waals surface area contributed by atoms with E-state index >= 15 is 0 Å². The number of amides is 1. The Balaban J connectivity index is 1.98. The maximum Gasteiger partial charge on any atom is 0.413 e. The van der Waals surface area contributed by atoms with Crippen LogP contribution in [0.3, 0.4) is 0 Å². The minimum absolute atomic E-state index is 0.267. The molecule has 1 aromatic rings. The van der Waals surface area contributed by atoms with Crippen LogP contribution in [0.15, 0.2) is 29.3 Å². The van der Waals surface area contributed by atoms with Crippen molar-refractivity contribution >= 4 is 23.0 Å². The molecule has 0 radical (unpaired) electrons. The zero-order valence-electron chi connectivity index (χ0n) is 15.6. The van der Waals surface area contributed by atoms with Gasteiger partial charge in [-0.1, -0.05) is 36.9 Å². The monoisotopic (exact) mass is 380 g/mol. The molecule has 0 aromatic heterocycles. The molecule has 1 amide bonds. The molecule has 26 heavy (non-hydrogen) atoms. The van der Waals surface area contributed by atoms with Crippen LogP contribution >= 0.6 is 11.8 Å². The molecule has 142 valence electrons. The highest BCUT2D eigenvalue weighted by Crippen LogP contribution is 2.53. The van der Waals surface area contributed by atoms with Gasteiger partial charge in [0, 0.05) is 23.3 Å². The summed E-state index contributed by atoms with van der Waals surface area (Å²) in [5.41, 5.74) is -1.23. The van der Waals surface area contributed by atoms with Gasteiger partial charge >= 0.3 is 6.09 Å². The third-order valence-electron chi connectivity index (χ3n) is 4.85. The fraction of sp³-hybridized carbons (Fsp3) is 0.579. The lowest BCUT2D eigenvalue weighted by atomic mass is 9.65. The number of alkyl carbamates (subject to hydrolysis) is 1. The third kappa shape index (κ3) is 3.60. The predicted molar refractivity (Wildman–Crippen MR) is 101 cm³/mol. The molecule has 2 atom stereocenters. The second-order valence-electron chi connectivity index (χ2n) is 8.04. The maximum absolute atomic E-state index is 14.7. The molecular formula is C19H25FN2O3S. The van der Waals surface area contributed by atoms with Crippen molar-refractivity contribution in [1.29, 1.82) is 0 Å². The summed E-state index contributed by atoms with van der Waals surface area (Å²) >= 11 is 1.46. The van der Waals surface area contributed by atoms with Crippen molar-refractivity contribution in [1.82, 2.24) is 5.32 Å². The number of benzene rings is 1. The van der Waals surface area contributed by atoms with E-state index in [0.29, 0.717) is 23.1 Å². The molecule has 0 aliphatic carbocycles. The van der Waals surface area contributed by atoms with E-state index in [1.807, 2.05) is 0 Å². The fourth-order valence-electron chi connectivity index (χ4n) is 3.41. The van der Waals surface area contributed by atoms with Crippen LogP contribution in [-0.2, 0) is 15.0 Å². The zero-order chi connectivity index (χ0) is 19.0. The Morgan fingerprint density at radius 1 is 1.38 bits per heavy atom. The van der Waals surface area contributed by atoms with Gasteiger partial charge in [0.1, 0.15) is 17.0 Å². The van der Waals surface area contributed by atoms with Gasteiger partial charge in [-0.15, -0.1) is 0 Å².